The van der Waals surface area contributed by atoms with Crippen LogP contribution < -0.4 is 4.74 Å². The first-order chi connectivity index (χ1) is 10.0. The van der Waals surface area contributed by atoms with E-state index in [9.17, 15) is 20.2 Å². The van der Waals surface area contributed by atoms with E-state index in [4.69, 9.17) is 4.74 Å². The quantitative estimate of drug-likeness (QED) is 0.620. The van der Waals surface area contributed by atoms with Gasteiger partial charge in [0.05, 0.1) is 9.85 Å². The van der Waals surface area contributed by atoms with Crippen LogP contribution in [0.2, 0.25) is 0 Å². The third-order valence-corrected chi connectivity index (χ3v) is 2.92. The van der Waals surface area contributed by atoms with Gasteiger partial charge in [0.2, 0.25) is 5.75 Å². The highest BCUT2D eigenvalue weighted by molar-refractivity contribution is 5.65. The van der Waals surface area contributed by atoms with Gasteiger partial charge in [0.25, 0.3) is 0 Å². The van der Waals surface area contributed by atoms with Crippen molar-refractivity contribution >= 4 is 11.4 Å². The summed E-state index contributed by atoms with van der Waals surface area (Å²) in [4.78, 5) is 20.6. The molecule has 0 N–H and O–H groups in total. The molecule has 2 rings (SSSR count). The second-order valence-electron chi connectivity index (χ2n) is 4.37. The Hall–Kier alpha value is -2.96. The van der Waals surface area contributed by atoms with Crippen LogP contribution in [0.4, 0.5) is 11.4 Å². The fourth-order valence-electron chi connectivity index (χ4n) is 1.92. The summed E-state index contributed by atoms with van der Waals surface area (Å²) in [5, 5.41) is 22.2. The molecule has 0 radical (unpaired) electrons. The van der Waals surface area contributed by atoms with Crippen molar-refractivity contribution in [2.75, 3.05) is 0 Å². The topological polar surface area (TPSA) is 95.5 Å². The summed E-state index contributed by atoms with van der Waals surface area (Å²) in [7, 11) is 0. The molecule has 108 valence electrons. The molecule has 0 spiro atoms. The van der Waals surface area contributed by atoms with E-state index < -0.39 is 21.2 Å². The zero-order chi connectivity index (χ0) is 15.4. The lowest BCUT2D eigenvalue weighted by molar-refractivity contribution is -0.423. The summed E-state index contributed by atoms with van der Waals surface area (Å²) < 4.78 is 5.38. The standard InChI is InChI=1S/C14H12N2O5/c1-10-7-8-12(14(16(19)20)13(10)15(17)18)21-9-11-5-3-2-4-6-11/h2-8H,9H2,1H3. The molecule has 2 aromatic carbocycles. The molecule has 2 aromatic rings. The summed E-state index contributed by atoms with van der Waals surface area (Å²) >= 11 is 0. The summed E-state index contributed by atoms with van der Waals surface area (Å²) in [5.41, 5.74) is -0.115. The maximum atomic E-state index is 11.1. The average Bonchev–Trinajstić information content (AvgIpc) is 2.46. The van der Waals surface area contributed by atoms with Crippen molar-refractivity contribution in [3.63, 3.8) is 0 Å². The van der Waals surface area contributed by atoms with Gasteiger partial charge >= 0.3 is 11.4 Å². The van der Waals surface area contributed by atoms with Crippen molar-refractivity contribution in [3.05, 3.63) is 73.8 Å². The lowest BCUT2D eigenvalue weighted by Crippen LogP contribution is -2.03. The Bertz CT molecular complexity index is 685. The zero-order valence-corrected chi connectivity index (χ0v) is 11.2. The van der Waals surface area contributed by atoms with Crippen LogP contribution in [0.3, 0.4) is 0 Å². The van der Waals surface area contributed by atoms with Crippen LogP contribution in [-0.4, -0.2) is 9.85 Å². The van der Waals surface area contributed by atoms with Gasteiger partial charge < -0.3 is 4.74 Å². The van der Waals surface area contributed by atoms with Gasteiger partial charge in [-0.2, -0.15) is 0 Å². The van der Waals surface area contributed by atoms with Gasteiger partial charge in [-0.1, -0.05) is 30.3 Å². The molecule has 0 unspecified atom stereocenters. The highest BCUT2D eigenvalue weighted by atomic mass is 16.6. The number of hydrogen-bond donors (Lipinski definition) is 0. The van der Waals surface area contributed by atoms with Crippen LogP contribution in [0.1, 0.15) is 11.1 Å². The van der Waals surface area contributed by atoms with Gasteiger partial charge in [0.1, 0.15) is 6.61 Å². The third kappa shape index (κ3) is 3.14. The minimum absolute atomic E-state index is 0.0991. The van der Waals surface area contributed by atoms with E-state index in [1.165, 1.54) is 19.1 Å². The van der Waals surface area contributed by atoms with E-state index in [0.29, 0.717) is 0 Å². The monoisotopic (exact) mass is 288 g/mol. The molecule has 0 aliphatic heterocycles. The van der Waals surface area contributed by atoms with Crippen LogP contribution in [0.25, 0.3) is 0 Å². The van der Waals surface area contributed by atoms with E-state index in [-0.39, 0.29) is 17.9 Å². The van der Waals surface area contributed by atoms with Crippen molar-refractivity contribution in [3.8, 4) is 5.75 Å². The van der Waals surface area contributed by atoms with E-state index in [1.54, 1.807) is 12.1 Å². The Labute approximate surface area is 120 Å². The fourth-order valence-corrected chi connectivity index (χ4v) is 1.92. The molecule has 0 aliphatic rings. The molecule has 7 heteroatoms. The Morgan fingerprint density at radius 2 is 1.57 bits per heavy atom. The van der Waals surface area contributed by atoms with Gasteiger partial charge in [-0.15, -0.1) is 0 Å². The van der Waals surface area contributed by atoms with Gasteiger partial charge in [0.15, 0.2) is 0 Å². The predicted molar refractivity (Wildman–Crippen MR) is 75.3 cm³/mol. The van der Waals surface area contributed by atoms with Crippen LogP contribution >= 0.6 is 0 Å². The summed E-state index contributed by atoms with van der Waals surface area (Å²) in [6.07, 6.45) is 0. The number of nitrogens with zero attached hydrogens (tertiary/aromatic N) is 2. The lowest BCUT2D eigenvalue weighted by Gasteiger charge is -2.08. The molecule has 7 nitrogen and oxygen atoms in total. The number of nitro benzene ring substituents is 2. The molecule has 0 aromatic heterocycles. The molecule has 0 fully saturated rings. The molecule has 21 heavy (non-hydrogen) atoms. The smallest absolute Gasteiger partial charge is 0.387 e. The first-order valence-electron chi connectivity index (χ1n) is 6.10. The summed E-state index contributed by atoms with van der Waals surface area (Å²) in [5.74, 6) is -0.110. The molecule has 0 atom stereocenters. The van der Waals surface area contributed by atoms with E-state index >= 15 is 0 Å². The van der Waals surface area contributed by atoms with Crippen LogP contribution in [0, 0.1) is 27.2 Å². The van der Waals surface area contributed by atoms with E-state index in [1.807, 2.05) is 18.2 Å². The van der Waals surface area contributed by atoms with E-state index in [0.717, 1.165) is 5.56 Å². The highest BCUT2D eigenvalue weighted by Gasteiger charge is 2.32. The number of nitro groups is 2. The molecule has 0 saturated heterocycles. The Balaban J connectivity index is 2.37. The SMILES string of the molecule is Cc1ccc(OCc2ccccc2)c([N+](=O)[O-])c1[N+](=O)[O-]. The minimum atomic E-state index is -0.786. The van der Waals surface area contributed by atoms with Crippen molar-refractivity contribution in [1.29, 1.82) is 0 Å². The molecular formula is C14H12N2O5. The maximum absolute atomic E-state index is 11.1. The van der Waals surface area contributed by atoms with E-state index in [2.05, 4.69) is 0 Å². The highest BCUT2D eigenvalue weighted by Crippen LogP contribution is 2.39. The van der Waals surface area contributed by atoms with Crippen molar-refractivity contribution in [2.24, 2.45) is 0 Å². The van der Waals surface area contributed by atoms with Crippen LogP contribution in [0.15, 0.2) is 42.5 Å². The largest absolute Gasteiger partial charge is 0.482 e. The van der Waals surface area contributed by atoms with Gasteiger partial charge in [0, 0.05) is 5.56 Å². The number of rotatable bonds is 5. The molecule has 0 saturated carbocycles. The number of ether oxygens (including phenoxy) is 1. The van der Waals surface area contributed by atoms with Crippen molar-refractivity contribution in [2.45, 2.75) is 13.5 Å². The average molecular weight is 288 g/mol. The number of hydrogen-bond acceptors (Lipinski definition) is 5. The molecule has 0 heterocycles. The van der Waals surface area contributed by atoms with Crippen molar-refractivity contribution < 1.29 is 14.6 Å². The normalized spacial score (nSPS) is 10.1. The molecule has 0 bridgehead atoms. The Morgan fingerprint density at radius 1 is 0.952 bits per heavy atom. The van der Waals surface area contributed by atoms with Crippen molar-refractivity contribution in [1.82, 2.24) is 0 Å². The summed E-state index contributed by atoms with van der Waals surface area (Å²) in [6.45, 7) is 1.55. The van der Waals surface area contributed by atoms with Gasteiger partial charge in [-0.05, 0) is 24.6 Å². The summed E-state index contributed by atoms with van der Waals surface area (Å²) in [6, 6.07) is 11.9. The fraction of sp³-hybridized carbons (Fsp3) is 0.143. The molecular weight excluding hydrogens is 276 g/mol. The van der Waals surface area contributed by atoms with Crippen LogP contribution in [-0.2, 0) is 6.61 Å². The number of benzene rings is 2. The first kappa shape index (κ1) is 14.4. The third-order valence-electron chi connectivity index (χ3n) is 2.92. The Kier molecular flexibility index (Phi) is 4.13. The predicted octanol–water partition coefficient (Wildman–Crippen LogP) is 3.39. The van der Waals surface area contributed by atoms with Crippen LogP contribution in [0.5, 0.6) is 5.75 Å². The lowest BCUT2D eigenvalue weighted by atomic mass is 10.1. The number of aryl methyl sites for hydroxylation is 1. The Morgan fingerprint density at radius 3 is 2.14 bits per heavy atom. The maximum Gasteiger partial charge on any atom is 0.387 e. The van der Waals surface area contributed by atoms with Gasteiger partial charge in [-0.25, -0.2) is 0 Å². The first-order valence-corrected chi connectivity index (χ1v) is 6.10. The van der Waals surface area contributed by atoms with Gasteiger partial charge in [-0.3, -0.25) is 20.2 Å². The zero-order valence-electron chi connectivity index (χ0n) is 11.2. The molecule has 0 aliphatic carbocycles. The molecule has 0 amide bonds. The second kappa shape index (κ2) is 6.00. The minimum Gasteiger partial charge on any atom is -0.482 e. The second-order valence-corrected chi connectivity index (χ2v) is 4.37.